The largest absolute Gasteiger partial charge is 0.399 e. The van der Waals surface area contributed by atoms with Crippen molar-refractivity contribution in [2.24, 2.45) is 5.73 Å². The highest BCUT2D eigenvalue weighted by Gasteiger charge is 2.22. The summed E-state index contributed by atoms with van der Waals surface area (Å²) < 4.78 is 5.51. The van der Waals surface area contributed by atoms with Crippen LogP contribution in [-0.4, -0.2) is 36.7 Å². The predicted octanol–water partition coefficient (Wildman–Crippen LogP) is 0.878. The van der Waals surface area contributed by atoms with Crippen LogP contribution in [0.15, 0.2) is 23.9 Å². The molecule has 0 saturated carbocycles. The summed E-state index contributed by atoms with van der Waals surface area (Å²) >= 11 is 0. The van der Waals surface area contributed by atoms with Gasteiger partial charge in [0.15, 0.2) is 0 Å². The monoisotopic (exact) mass is 194 g/mol. The lowest BCUT2D eigenvalue weighted by Gasteiger charge is -2.36. The summed E-state index contributed by atoms with van der Waals surface area (Å²) in [5.41, 5.74) is 6.58. The Labute approximate surface area is 85.2 Å². The van der Waals surface area contributed by atoms with Gasteiger partial charge in [0.2, 0.25) is 0 Å². The second kappa shape index (κ2) is 4.15. The molecule has 3 heteroatoms. The topological polar surface area (TPSA) is 38.5 Å². The zero-order chi connectivity index (χ0) is 9.97. The molecule has 0 spiro atoms. The summed E-state index contributed by atoms with van der Waals surface area (Å²) in [5, 5.41) is 0. The zero-order valence-corrected chi connectivity index (χ0v) is 8.65. The standard InChI is InChI=1S/C11H18N2O/c1-9-8-13(6-7-14-9)11-4-2-10(12)3-5-11/h2-4,9,11H,5-8,12H2,1H3. The molecule has 14 heavy (non-hydrogen) atoms. The van der Waals surface area contributed by atoms with Crippen LogP contribution < -0.4 is 5.73 Å². The van der Waals surface area contributed by atoms with Gasteiger partial charge in [-0.15, -0.1) is 0 Å². The average molecular weight is 194 g/mol. The summed E-state index contributed by atoms with van der Waals surface area (Å²) in [7, 11) is 0. The Morgan fingerprint density at radius 2 is 2.43 bits per heavy atom. The van der Waals surface area contributed by atoms with E-state index >= 15 is 0 Å². The number of hydrogen-bond donors (Lipinski definition) is 1. The molecular weight excluding hydrogens is 176 g/mol. The van der Waals surface area contributed by atoms with Crippen molar-refractivity contribution in [3.63, 3.8) is 0 Å². The van der Waals surface area contributed by atoms with Crippen molar-refractivity contribution in [3.8, 4) is 0 Å². The summed E-state index contributed by atoms with van der Waals surface area (Å²) in [6.45, 7) is 5.05. The number of allylic oxidation sites excluding steroid dienone is 1. The van der Waals surface area contributed by atoms with E-state index in [0.29, 0.717) is 12.1 Å². The molecule has 2 N–H and O–H groups in total. The van der Waals surface area contributed by atoms with Gasteiger partial charge in [-0.1, -0.05) is 12.2 Å². The molecule has 0 aromatic carbocycles. The van der Waals surface area contributed by atoms with E-state index in [4.69, 9.17) is 10.5 Å². The van der Waals surface area contributed by atoms with Crippen LogP contribution >= 0.6 is 0 Å². The molecule has 0 amide bonds. The molecule has 3 nitrogen and oxygen atoms in total. The van der Waals surface area contributed by atoms with Crippen LogP contribution in [0.1, 0.15) is 13.3 Å². The average Bonchev–Trinajstić information content (AvgIpc) is 2.19. The maximum atomic E-state index is 5.68. The van der Waals surface area contributed by atoms with Gasteiger partial charge in [-0.3, -0.25) is 4.90 Å². The van der Waals surface area contributed by atoms with Gasteiger partial charge in [-0.05, 0) is 19.4 Å². The van der Waals surface area contributed by atoms with Crippen molar-refractivity contribution in [1.29, 1.82) is 0 Å². The van der Waals surface area contributed by atoms with Gasteiger partial charge in [0.05, 0.1) is 12.7 Å². The minimum atomic E-state index is 0.361. The van der Waals surface area contributed by atoms with Crippen LogP contribution in [0.4, 0.5) is 0 Å². The molecule has 2 aliphatic rings. The Morgan fingerprint density at radius 1 is 1.57 bits per heavy atom. The first-order chi connectivity index (χ1) is 6.75. The summed E-state index contributed by atoms with van der Waals surface area (Å²) in [6.07, 6.45) is 7.71. The predicted molar refractivity (Wildman–Crippen MR) is 56.8 cm³/mol. The fourth-order valence-electron chi connectivity index (χ4n) is 2.04. The first-order valence-corrected chi connectivity index (χ1v) is 5.25. The number of ether oxygens (including phenoxy) is 1. The van der Waals surface area contributed by atoms with Crippen LogP contribution in [0, 0.1) is 0 Å². The minimum Gasteiger partial charge on any atom is -0.399 e. The SMILES string of the molecule is CC1CN(C2C=CC(N)=CC2)CCO1. The lowest BCUT2D eigenvalue weighted by Crippen LogP contribution is -2.46. The normalized spacial score (nSPS) is 34.2. The van der Waals surface area contributed by atoms with Crippen molar-refractivity contribution >= 4 is 0 Å². The molecule has 0 bridgehead atoms. The van der Waals surface area contributed by atoms with Gasteiger partial charge in [0.25, 0.3) is 0 Å². The molecule has 78 valence electrons. The van der Waals surface area contributed by atoms with E-state index in [9.17, 15) is 0 Å². The highest BCUT2D eigenvalue weighted by atomic mass is 16.5. The Kier molecular flexibility index (Phi) is 2.89. The molecule has 0 aromatic rings. The molecule has 1 saturated heterocycles. The molecule has 2 unspecified atom stereocenters. The fraction of sp³-hybridized carbons (Fsp3) is 0.636. The Morgan fingerprint density at radius 3 is 3.07 bits per heavy atom. The lowest BCUT2D eigenvalue weighted by molar-refractivity contribution is -0.0272. The van der Waals surface area contributed by atoms with Gasteiger partial charge in [0.1, 0.15) is 0 Å². The Balaban J connectivity index is 1.93. The third-order valence-corrected chi connectivity index (χ3v) is 2.85. The maximum absolute atomic E-state index is 5.68. The van der Waals surface area contributed by atoms with E-state index in [0.717, 1.165) is 31.8 Å². The maximum Gasteiger partial charge on any atom is 0.0674 e. The zero-order valence-electron chi connectivity index (χ0n) is 8.65. The van der Waals surface area contributed by atoms with E-state index in [2.05, 4.69) is 24.0 Å². The second-order valence-corrected chi connectivity index (χ2v) is 4.04. The van der Waals surface area contributed by atoms with Crippen molar-refractivity contribution in [3.05, 3.63) is 23.9 Å². The van der Waals surface area contributed by atoms with E-state index in [1.807, 2.05) is 6.08 Å². The van der Waals surface area contributed by atoms with Gasteiger partial charge in [0, 0.05) is 24.8 Å². The van der Waals surface area contributed by atoms with Crippen molar-refractivity contribution in [2.75, 3.05) is 19.7 Å². The van der Waals surface area contributed by atoms with Crippen LogP contribution in [0.3, 0.4) is 0 Å². The minimum absolute atomic E-state index is 0.361. The highest BCUT2D eigenvalue weighted by Crippen LogP contribution is 2.16. The first-order valence-electron chi connectivity index (χ1n) is 5.25. The summed E-state index contributed by atoms with van der Waals surface area (Å²) in [6, 6.07) is 0.522. The van der Waals surface area contributed by atoms with E-state index in [-0.39, 0.29) is 0 Å². The molecule has 2 atom stereocenters. The van der Waals surface area contributed by atoms with Crippen LogP contribution in [-0.2, 0) is 4.74 Å². The molecule has 1 aliphatic heterocycles. The Bertz CT molecular complexity index is 260. The van der Waals surface area contributed by atoms with E-state index in [1.165, 1.54) is 0 Å². The van der Waals surface area contributed by atoms with Crippen molar-refractivity contribution < 1.29 is 4.74 Å². The molecule has 2 rings (SSSR count). The summed E-state index contributed by atoms with van der Waals surface area (Å²) in [4.78, 5) is 2.47. The van der Waals surface area contributed by atoms with Crippen molar-refractivity contribution in [1.82, 2.24) is 4.90 Å². The summed E-state index contributed by atoms with van der Waals surface area (Å²) in [5.74, 6) is 0. The quantitative estimate of drug-likeness (QED) is 0.673. The smallest absolute Gasteiger partial charge is 0.0674 e. The van der Waals surface area contributed by atoms with E-state index < -0.39 is 0 Å². The molecule has 1 aliphatic carbocycles. The van der Waals surface area contributed by atoms with Gasteiger partial charge in [-0.25, -0.2) is 0 Å². The molecule has 1 heterocycles. The first kappa shape index (κ1) is 9.74. The number of nitrogens with two attached hydrogens (primary N) is 1. The third-order valence-electron chi connectivity index (χ3n) is 2.85. The Hall–Kier alpha value is -0.800. The number of nitrogens with zero attached hydrogens (tertiary/aromatic N) is 1. The van der Waals surface area contributed by atoms with Crippen LogP contribution in [0.25, 0.3) is 0 Å². The third kappa shape index (κ3) is 2.16. The fourth-order valence-corrected chi connectivity index (χ4v) is 2.04. The lowest BCUT2D eigenvalue weighted by atomic mass is 10.0. The van der Waals surface area contributed by atoms with Gasteiger partial charge >= 0.3 is 0 Å². The molecule has 1 fully saturated rings. The molecule has 0 aromatic heterocycles. The number of morpholine rings is 1. The van der Waals surface area contributed by atoms with Gasteiger partial charge < -0.3 is 10.5 Å². The molecular formula is C11H18N2O. The second-order valence-electron chi connectivity index (χ2n) is 4.04. The van der Waals surface area contributed by atoms with E-state index in [1.54, 1.807) is 0 Å². The number of hydrogen-bond acceptors (Lipinski definition) is 3. The molecule has 0 radical (unpaired) electrons. The number of rotatable bonds is 1. The van der Waals surface area contributed by atoms with Crippen LogP contribution in [0.2, 0.25) is 0 Å². The highest BCUT2D eigenvalue weighted by molar-refractivity contribution is 5.22. The van der Waals surface area contributed by atoms with Crippen molar-refractivity contribution in [2.45, 2.75) is 25.5 Å². The van der Waals surface area contributed by atoms with Gasteiger partial charge in [-0.2, -0.15) is 0 Å². The van der Waals surface area contributed by atoms with Crippen LogP contribution in [0.5, 0.6) is 0 Å².